The number of rotatable bonds is 5. The zero-order valence-electron chi connectivity index (χ0n) is 16.4. The summed E-state index contributed by atoms with van der Waals surface area (Å²) in [5.41, 5.74) is 3.49. The molecule has 0 unspecified atom stereocenters. The van der Waals surface area contributed by atoms with E-state index in [1.54, 1.807) is 20.8 Å². The number of Topliss-reactive ketones (excluding diaryl/α,β-unsaturated/α-hetero) is 1. The Morgan fingerprint density at radius 3 is 2.31 bits per heavy atom. The fourth-order valence-corrected chi connectivity index (χ4v) is 5.74. The maximum atomic E-state index is 12.4. The van der Waals surface area contributed by atoms with Crippen LogP contribution in [0, 0.1) is 11.8 Å². The van der Waals surface area contributed by atoms with Gasteiger partial charge in [0.15, 0.2) is 15.6 Å². The number of fused-ring (bicyclic) bond motifs is 1. The van der Waals surface area contributed by atoms with Crippen molar-refractivity contribution in [2.45, 2.75) is 76.9 Å². The van der Waals surface area contributed by atoms with Gasteiger partial charge in [-0.2, -0.15) is 0 Å². The van der Waals surface area contributed by atoms with E-state index in [1.165, 1.54) is 17.5 Å². The highest BCUT2D eigenvalue weighted by Crippen LogP contribution is 2.34. The molecule has 3 rings (SSSR count). The number of hydrogen-bond acceptors (Lipinski definition) is 3. The van der Waals surface area contributed by atoms with Crippen molar-refractivity contribution in [1.82, 2.24) is 0 Å². The Kier molecular flexibility index (Phi) is 5.62. The van der Waals surface area contributed by atoms with Gasteiger partial charge in [0, 0.05) is 12.0 Å². The molecule has 2 aliphatic rings. The lowest BCUT2D eigenvalue weighted by molar-refractivity contribution is 0.0994. The summed E-state index contributed by atoms with van der Waals surface area (Å²) in [5.74, 6) is 1.68. The first-order valence-corrected chi connectivity index (χ1v) is 11.7. The highest BCUT2D eigenvalue weighted by Gasteiger charge is 2.33. The van der Waals surface area contributed by atoms with Crippen molar-refractivity contribution in [1.29, 1.82) is 0 Å². The average Bonchev–Trinajstić information content (AvgIpc) is 2.93. The minimum Gasteiger partial charge on any atom is -0.294 e. The molecule has 1 aromatic rings. The molecule has 3 nitrogen and oxygen atoms in total. The van der Waals surface area contributed by atoms with Crippen molar-refractivity contribution in [3.63, 3.8) is 0 Å². The standard InChI is InChI=1S/C22H32O3S/c1-22(2,3)26(24,25)15-18-8-5-16(6-9-18)4-7-17-10-12-20-19(14-17)11-13-21(20)23/h10,12,14,16,18H,4-9,11,13,15H2,1-3H3. The molecule has 0 aliphatic heterocycles. The second-order valence-corrected chi connectivity index (χ2v) is 12.0. The molecular weight excluding hydrogens is 344 g/mol. The second kappa shape index (κ2) is 7.46. The number of ketones is 1. The number of sulfone groups is 1. The predicted octanol–water partition coefficient (Wildman–Crippen LogP) is 4.77. The van der Waals surface area contributed by atoms with E-state index < -0.39 is 14.6 Å². The molecule has 1 saturated carbocycles. The van der Waals surface area contributed by atoms with E-state index in [-0.39, 0.29) is 5.78 Å². The maximum Gasteiger partial charge on any atom is 0.163 e. The Balaban J connectivity index is 1.47. The largest absolute Gasteiger partial charge is 0.294 e. The third-order valence-corrected chi connectivity index (χ3v) is 9.06. The molecule has 0 atom stereocenters. The van der Waals surface area contributed by atoms with Crippen LogP contribution in [0.2, 0.25) is 0 Å². The number of benzene rings is 1. The highest BCUT2D eigenvalue weighted by molar-refractivity contribution is 7.92. The van der Waals surface area contributed by atoms with Crippen LogP contribution in [0.15, 0.2) is 18.2 Å². The summed E-state index contributed by atoms with van der Waals surface area (Å²) in [6.07, 6.45) is 8.18. The first-order valence-electron chi connectivity index (χ1n) is 10.0. The van der Waals surface area contributed by atoms with Crippen LogP contribution < -0.4 is 0 Å². The zero-order valence-corrected chi connectivity index (χ0v) is 17.2. The van der Waals surface area contributed by atoms with Crippen LogP contribution in [0.1, 0.15) is 80.8 Å². The maximum absolute atomic E-state index is 12.4. The second-order valence-electron chi connectivity index (χ2n) is 9.23. The summed E-state index contributed by atoms with van der Waals surface area (Å²) in [5, 5.41) is 0. The molecule has 0 heterocycles. The molecule has 0 amide bonds. The van der Waals surface area contributed by atoms with Crippen molar-refractivity contribution in [2.75, 3.05) is 5.75 Å². The van der Waals surface area contributed by atoms with Crippen LogP contribution in [-0.4, -0.2) is 24.7 Å². The first-order chi connectivity index (χ1) is 12.2. The monoisotopic (exact) mass is 376 g/mol. The van der Waals surface area contributed by atoms with Crippen LogP contribution >= 0.6 is 0 Å². The van der Waals surface area contributed by atoms with Crippen LogP contribution in [0.5, 0.6) is 0 Å². The van der Waals surface area contributed by atoms with Gasteiger partial charge in [-0.05, 0) is 75.8 Å². The summed E-state index contributed by atoms with van der Waals surface area (Å²) in [6.45, 7) is 5.41. The smallest absolute Gasteiger partial charge is 0.163 e. The molecular formula is C22H32O3S. The third-order valence-electron chi connectivity index (χ3n) is 6.29. The van der Waals surface area contributed by atoms with Gasteiger partial charge >= 0.3 is 0 Å². The number of carbonyl (C=O) groups excluding carboxylic acids is 1. The van der Waals surface area contributed by atoms with Gasteiger partial charge in [0.25, 0.3) is 0 Å². The molecule has 0 saturated heterocycles. The fourth-order valence-electron chi connectivity index (χ4n) is 4.28. The molecule has 0 aromatic heterocycles. The SMILES string of the molecule is CC(C)(C)S(=O)(=O)CC1CCC(CCc2ccc3c(c2)CCC3=O)CC1. The Bertz CT molecular complexity index is 763. The van der Waals surface area contributed by atoms with E-state index >= 15 is 0 Å². The van der Waals surface area contributed by atoms with Crippen LogP contribution in [-0.2, 0) is 22.7 Å². The van der Waals surface area contributed by atoms with Gasteiger partial charge < -0.3 is 0 Å². The zero-order chi connectivity index (χ0) is 18.9. The van der Waals surface area contributed by atoms with E-state index in [9.17, 15) is 13.2 Å². The third kappa shape index (κ3) is 4.39. The fraction of sp³-hybridized carbons (Fsp3) is 0.682. The summed E-state index contributed by atoms with van der Waals surface area (Å²) < 4.78 is 24.2. The van der Waals surface area contributed by atoms with E-state index in [0.29, 0.717) is 24.0 Å². The lowest BCUT2D eigenvalue weighted by Gasteiger charge is -2.30. The van der Waals surface area contributed by atoms with E-state index in [0.717, 1.165) is 44.1 Å². The van der Waals surface area contributed by atoms with Gasteiger partial charge in [0.1, 0.15) is 0 Å². The van der Waals surface area contributed by atoms with Crippen molar-refractivity contribution >= 4 is 15.6 Å². The van der Waals surface area contributed by atoms with Crippen molar-refractivity contribution in [3.8, 4) is 0 Å². The van der Waals surface area contributed by atoms with Gasteiger partial charge in [-0.25, -0.2) is 8.42 Å². The summed E-state index contributed by atoms with van der Waals surface area (Å²) in [6, 6.07) is 6.35. The van der Waals surface area contributed by atoms with Gasteiger partial charge in [-0.3, -0.25) is 4.79 Å². The lowest BCUT2D eigenvalue weighted by atomic mass is 9.80. The summed E-state index contributed by atoms with van der Waals surface area (Å²) in [4.78, 5) is 11.7. The van der Waals surface area contributed by atoms with Gasteiger partial charge in [0.05, 0.1) is 10.5 Å². The molecule has 0 spiro atoms. The van der Waals surface area contributed by atoms with Crippen molar-refractivity contribution < 1.29 is 13.2 Å². The van der Waals surface area contributed by atoms with E-state index in [1.807, 2.05) is 6.07 Å². The Labute approximate surface area is 158 Å². The molecule has 2 aliphatic carbocycles. The summed E-state index contributed by atoms with van der Waals surface area (Å²) >= 11 is 0. The van der Waals surface area contributed by atoms with Crippen LogP contribution in [0.25, 0.3) is 0 Å². The van der Waals surface area contributed by atoms with Gasteiger partial charge in [-0.15, -0.1) is 0 Å². The Morgan fingerprint density at radius 1 is 1.00 bits per heavy atom. The molecule has 0 N–H and O–H groups in total. The molecule has 26 heavy (non-hydrogen) atoms. The van der Waals surface area contributed by atoms with E-state index in [4.69, 9.17) is 0 Å². The lowest BCUT2D eigenvalue weighted by Crippen LogP contribution is -2.34. The van der Waals surface area contributed by atoms with E-state index in [2.05, 4.69) is 12.1 Å². The molecule has 0 radical (unpaired) electrons. The van der Waals surface area contributed by atoms with Crippen LogP contribution in [0.3, 0.4) is 0 Å². The average molecular weight is 377 g/mol. The topological polar surface area (TPSA) is 51.2 Å². The minimum absolute atomic E-state index is 0.287. The molecule has 144 valence electrons. The molecule has 1 fully saturated rings. The molecule has 4 heteroatoms. The minimum atomic E-state index is -3.01. The number of carbonyl (C=O) groups is 1. The number of hydrogen-bond donors (Lipinski definition) is 0. The molecule has 1 aromatic carbocycles. The summed E-state index contributed by atoms with van der Waals surface area (Å²) in [7, 11) is -3.01. The first kappa shape index (κ1) is 19.6. The quantitative estimate of drug-likeness (QED) is 0.744. The predicted molar refractivity (Wildman–Crippen MR) is 106 cm³/mol. The van der Waals surface area contributed by atoms with Gasteiger partial charge in [-0.1, -0.05) is 31.0 Å². The molecule has 0 bridgehead atoms. The van der Waals surface area contributed by atoms with Gasteiger partial charge in [0.2, 0.25) is 0 Å². The highest BCUT2D eigenvalue weighted by atomic mass is 32.2. The number of aryl methyl sites for hydroxylation is 2. The Hall–Kier alpha value is -1.16. The van der Waals surface area contributed by atoms with Crippen LogP contribution in [0.4, 0.5) is 0 Å². The normalized spacial score (nSPS) is 23.9. The van der Waals surface area contributed by atoms with Crippen molar-refractivity contribution in [3.05, 3.63) is 34.9 Å². The Morgan fingerprint density at radius 2 is 1.65 bits per heavy atom. The van der Waals surface area contributed by atoms with Crippen molar-refractivity contribution in [2.24, 2.45) is 11.8 Å².